The fraction of sp³-hybridized carbons (Fsp3) is 0.375. The lowest BCUT2D eigenvalue weighted by atomic mass is 10.1. The lowest BCUT2D eigenvalue weighted by Gasteiger charge is -2.07. The van der Waals surface area contributed by atoms with Crippen LogP contribution >= 0.6 is 0 Å². The molecule has 0 aromatic carbocycles. The van der Waals surface area contributed by atoms with Crippen molar-refractivity contribution in [3.63, 3.8) is 0 Å². The number of rotatable bonds is 2. The highest BCUT2D eigenvalue weighted by molar-refractivity contribution is 5.73. The molecular weight excluding hydrogens is 128 g/mol. The molecule has 0 aromatic rings. The molecule has 0 aliphatic carbocycles. The average molecular weight is 138 g/mol. The molecule has 0 fully saturated rings. The van der Waals surface area contributed by atoms with Crippen LogP contribution in [0.4, 0.5) is 0 Å². The van der Waals surface area contributed by atoms with E-state index in [9.17, 15) is 4.79 Å². The molecule has 2 nitrogen and oxygen atoms in total. The molecule has 1 aliphatic heterocycles. The first-order valence-corrected chi connectivity index (χ1v) is 3.19. The Morgan fingerprint density at radius 2 is 2.70 bits per heavy atom. The van der Waals surface area contributed by atoms with Crippen LogP contribution in [-0.2, 0) is 9.53 Å². The van der Waals surface area contributed by atoms with Gasteiger partial charge in [-0.25, -0.2) is 0 Å². The van der Waals surface area contributed by atoms with Crippen molar-refractivity contribution in [3.8, 4) is 0 Å². The maximum absolute atomic E-state index is 10.2. The number of aldehydes is 1. The van der Waals surface area contributed by atoms with E-state index in [2.05, 4.69) is 6.58 Å². The van der Waals surface area contributed by atoms with Crippen molar-refractivity contribution in [2.75, 3.05) is 0 Å². The van der Waals surface area contributed by atoms with Crippen LogP contribution in [0.5, 0.6) is 0 Å². The van der Waals surface area contributed by atoms with E-state index >= 15 is 0 Å². The second-order valence-corrected chi connectivity index (χ2v) is 2.49. The maximum Gasteiger partial charge on any atom is 0.149 e. The Bertz CT molecular complexity index is 191. The first-order valence-electron chi connectivity index (χ1n) is 3.19. The molecule has 1 rings (SSSR count). The van der Waals surface area contributed by atoms with Gasteiger partial charge >= 0.3 is 0 Å². The minimum absolute atomic E-state index is 0.0280. The smallest absolute Gasteiger partial charge is 0.149 e. The lowest BCUT2D eigenvalue weighted by molar-refractivity contribution is -0.105. The van der Waals surface area contributed by atoms with Crippen molar-refractivity contribution in [1.82, 2.24) is 0 Å². The molecule has 54 valence electrons. The van der Waals surface area contributed by atoms with E-state index in [4.69, 9.17) is 4.74 Å². The maximum atomic E-state index is 10.2. The van der Waals surface area contributed by atoms with Crippen molar-refractivity contribution >= 4 is 6.29 Å². The zero-order chi connectivity index (χ0) is 7.56. The molecule has 0 radical (unpaired) electrons. The summed E-state index contributed by atoms with van der Waals surface area (Å²) in [6.07, 6.45) is 3.04. The number of ether oxygens (including phenoxy) is 1. The fourth-order valence-corrected chi connectivity index (χ4v) is 0.846. The first-order chi connectivity index (χ1) is 4.74. The van der Waals surface area contributed by atoms with E-state index in [1.165, 1.54) is 6.26 Å². The molecule has 1 heterocycles. The van der Waals surface area contributed by atoms with Crippen molar-refractivity contribution in [3.05, 3.63) is 24.0 Å². The topological polar surface area (TPSA) is 26.3 Å². The number of hydrogen-bond donors (Lipinski definition) is 0. The SMILES string of the molecule is C=C(C)C1CC(C=O)=CO1. The van der Waals surface area contributed by atoms with Crippen molar-refractivity contribution in [2.45, 2.75) is 19.4 Å². The van der Waals surface area contributed by atoms with Crippen LogP contribution in [0.2, 0.25) is 0 Å². The summed E-state index contributed by atoms with van der Waals surface area (Å²) in [4.78, 5) is 10.2. The zero-order valence-corrected chi connectivity index (χ0v) is 5.96. The molecule has 0 N–H and O–H groups in total. The summed E-state index contributed by atoms with van der Waals surface area (Å²) < 4.78 is 5.13. The van der Waals surface area contributed by atoms with Crippen LogP contribution in [0.25, 0.3) is 0 Å². The Morgan fingerprint density at radius 1 is 2.00 bits per heavy atom. The van der Waals surface area contributed by atoms with Gasteiger partial charge in [0, 0.05) is 12.0 Å². The van der Waals surface area contributed by atoms with Crippen LogP contribution in [0.3, 0.4) is 0 Å². The van der Waals surface area contributed by atoms with E-state index in [-0.39, 0.29) is 6.10 Å². The molecule has 1 aliphatic rings. The number of hydrogen-bond acceptors (Lipinski definition) is 2. The largest absolute Gasteiger partial charge is 0.493 e. The quantitative estimate of drug-likeness (QED) is 0.426. The Kier molecular flexibility index (Phi) is 1.90. The minimum atomic E-state index is 0.0280. The van der Waals surface area contributed by atoms with E-state index in [1.54, 1.807) is 0 Å². The molecule has 0 saturated heterocycles. The number of carbonyl (C=O) groups excluding carboxylic acids is 1. The summed E-state index contributed by atoms with van der Waals surface area (Å²) in [5.74, 6) is 0. The van der Waals surface area contributed by atoms with Gasteiger partial charge in [-0.2, -0.15) is 0 Å². The second kappa shape index (κ2) is 2.69. The van der Waals surface area contributed by atoms with E-state index in [1.807, 2.05) is 6.92 Å². The summed E-state index contributed by atoms with van der Waals surface area (Å²) in [6, 6.07) is 0. The van der Waals surface area contributed by atoms with E-state index < -0.39 is 0 Å². The van der Waals surface area contributed by atoms with Gasteiger partial charge in [-0.05, 0) is 12.5 Å². The summed E-state index contributed by atoms with van der Waals surface area (Å²) in [6.45, 7) is 5.63. The Balaban J connectivity index is 2.51. The van der Waals surface area contributed by atoms with Crippen LogP contribution < -0.4 is 0 Å². The molecule has 0 bridgehead atoms. The summed E-state index contributed by atoms with van der Waals surface area (Å²) in [7, 11) is 0. The third kappa shape index (κ3) is 1.26. The summed E-state index contributed by atoms with van der Waals surface area (Å²) in [5, 5.41) is 0. The molecule has 1 atom stereocenters. The van der Waals surface area contributed by atoms with Gasteiger partial charge < -0.3 is 4.74 Å². The lowest BCUT2D eigenvalue weighted by Crippen LogP contribution is -2.05. The van der Waals surface area contributed by atoms with Gasteiger partial charge in [0.25, 0.3) is 0 Å². The Labute approximate surface area is 60.2 Å². The molecule has 0 aromatic heterocycles. The highest BCUT2D eigenvalue weighted by Crippen LogP contribution is 2.20. The molecule has 2 heteroatoms. The third-order valence-corrected chi connectivity index (χ3v) is 1.51. The highest BCUT2D eigenvalue weighted by atomic mass is 16.5. The van der Waals surface area contributed by atoms with Gasteiger partial charge in [0.05, 0.1) is 6.26 Å². The molecule has 0 amide bonds. The zero-order valence-electron chi connectivity index (χ0n) is 5.96. The average Bonchev–Trinajstić information content (AvgIpc) is 2.34. The van der Waals surface area contributed by atoms with Crippen molar-refractivity contribution in [1.29, 1.82) is 0 Å². The second-order valence-electron chi connectivity index (χ2n) is 2.49. The van der Waals surface area contributed by atoms with Crippen molar-refractivity contribution in [2.24, 2.45) is 0 Å². The molecule has 1 unspecified atom stereocenters. The van der Waals surface area contributed by atoms with Crippen LogP contribution in [0, 0.1) is 0 Å². The van der Waals surface area contributed by atoms with Gasteiger partial charge in [0.2, 0.25) is 0 Å². The predicted molar refractivity (Wildman–Crippen MR) is 38.5 cm³/mol. The van der Waals surface area contributed by atoms with Gasteiger partial charge in [0.1, 0.15) is 12.4 Å². The first kappa shape index (κ1) is 7.06. The minimum Gasteiger partial charge on any atom is -0.493 e. The number of carbonyl (C=O) groups is 1. The van der Waals surface area contributed by atoms with Gasteiger partial charge in [-0.3, -0.25) is 4.79 Å². The standard InChI is InChI=1S/C8H10O2/c1-6(2)8-3-7(4-9)5-10-8/h4-5,8H,1,3H2,2H3. The highest BCUT2D eigenvalue weighted by Gasteiger charge is 2.17. The third-order valence-electron chi connectivity index (χ3n) is 1.51. The van der Waals surface area contributed by atoms with Gasteiger partial charge in [-0.1, -0.05) is 6.58 Å². The van der Waals surface area contributed by atoms with E-state index in [0.29, 0.717) is 12.0 Å². The summed E-state index contributed by atoms with van der Waals surface area (Å²) in [5.41, 5.74) is 1.68. The van der Waals surface area contributed by atoms with Crippen LogP contribution in [0.1, 0.15) is 13.3 Å². The van der Waals surface area contributed by atoms with E-state index in [0.717, 1.165) is 11.9 Å². The molecule has 0 saturated carbocycles. The van der Waals surface area contributed by atoms with Crippen LogP contribution in [0.15, 0.2) is 24.0 Å². The molecular formula is C8H10O2. The van der Waals surface area contributed by atoms with Crippen LogP contribution in [-0.4, -0.2) is 12.4 Å². The molecule has 0 spiro atoms. The Morgan fingerprint density at radius 3 is 3.00 bits per heavy atom. The Hall–Kier alpha value is -1.05. The fourth-order valence-electron chi connectivity index (χ4n) is 0.846. The van der Waals surface area contributed by atoms with Gasteiger partial charge in [-0.15, -0.1) is 0 Å². The molecule has 10 heavy (non-hydrogen) atoms. The predicted octanol–water partition coefficient (Wildman–Crippen LogP) is 1.43. The van der Waals surface area contributed by atoms with Crippen molar-refractivity contribution < 1.29 is 9.53 Å². The summed E-state index contributed by atoms with van der Waals surface area (Å²) >= 11 is 0. The van der Waals surface area contributed by atoms with Gasteiger partial charge in [0.15, 0.2) is 0 Å². The monoisotopic (exact) mass is 138 g/mol. The normalized spacial score (nSPS) is 23.3.